The van der Waals surface area contributed by atoms with Crippen molar-refractivity contribution in [1.82, 2.24) is 19.8 Å². The summed E-state index contributed by atoms with van der Waals surface area (Å²) in [4.78, 5) is 14.9. The number of nitriles is 1. The molecule has 2 aliphatic rings. The van der Waals surface area contributed by atoms with Crippen molar-refractivity contribution in [3.63, 3.8) is 0 Å². The van der Waals surface area contributed by atoms with Crippen molar-refractivity contribution in [2.75, 3.05) is 39.8 Å². The Kier molecular flexibility index (Phi) is 8.19. The summed E-state index contributed by atoms with van der Waals surface area (Å²) in [6, 6.07) is 16.2. The number of nitrogens with zero attached hydrogens (tertiary/aromatic N) is 3. The van der Waals surface area contributed by atoms with E-state index in [0.29, 0.717) is 24.4 Å². The first-order chi connectivity index (χ1) is 16.9. The van der Waals surface area contributed by atoms with Crippen LogP contribution in [0.4, 0.5) is 0 Å². The molecule has 186 valence electrons. The maximum absolute atomic E-state index is 12.9. The van der Waals surface area contributed by atoms with Gasteiger partial charge in [0, 0.05) is 32.6 Å². The van der Waals surface area contributed by atoms with Crippen molar-refractivity contribution in [1.29, 1.82) is 5.26 Å². The maximum Gasteiger partial charge on any atom is 0.243 e. The number of piperazine rings is 1. The Balaban J connectivity index is 1.37. The second-order valence-electron chi connectivity index (χ2n) is 9.33. The van der Waals surface area contributed by atoms with Gasteiger partial charge in [-0.2, -0.15) is 9.57 Å². The van der Waals surface area contributed by atoms with Crippen LogP contribution in [0.3, 0.4) is 0 Å². The lowest BCUT2D eigenvalue weighted by Gasteiger charge is -2.31. The topological polar surface area (TPSA) is 106 Å². The minimum absolute atomic E-state index is 0.112. The summed E-state index contributed by atoms with van der Waals surface area (Å²) in [7, 11) is -1.49. The fraction of sp³-hybridized carbons (Fsp3) is 0.462. The Morgan fingerprint density at radius 2 is 1.69 bits per heavy atom. The average Bonchev–Trinajstić information content (AvgIpc) is 2.89. The number of hydrogen-bond donors (Lipinski definition) is 2. The molecule has 2 fully saturated rings. The van der Waals surface area contributed by atoms with E-state index in [4.69, 9.17) is 0 Å². The molecule has 9 heteroatoms. The molecule has 35 heavy (non-hydrogen) atoms. The molecule has 0 bridgehead atoms. The smallest absolute Gasteiger partial charge is 0.243 e. The predicted molar refractivity (Wildman–Crippen MR) is 135 cm³/mol. The molecule has 8 nitrogen and oxygen atoms in total. The average molecular weight is 496 g/mol. The molecule has 2 heterocycles. The number of hydrogen-bond acceptors (Lipinski definition) is 6. The van der Waals surface area contributed by atoms with Crippen LogP contribution in [0, 0.1) is 11.3 Å². The molecular formula is C26H33N5O3S. The third kappa shape index (κ3) is 6.27. The summed E-state index contributed by atoms with van der Waals surface area (Å²) < 4.78 is 27.4. The van der Waals surface area contributed by atoms with Gasteiger partial charge in [0.05, 0.1) is 17.0 Å². The monoisotopic (exact) mass is 495 g/mol. The van der Waals surface area contributed by atoms with E-state index in [1.54, 1.807) is 16.4 Å². The van der Waals surface area contributed by atoms with Crippen LogP contribution in [-0.4, -0.2) is 75.4 Å². The number of piperidine rings is 1. The fourth-order valence-corrected chi connectivity index (χ4v) is 5.96. The van der Waals surface area contributed by atoms with Gasteiger partial charge in [-0.1, -0.05) is 42.8 Å². The number of sulfonamides is 1. The quantitative estimate of drug-likeness (QED) is 0.609. The molecule has 0 radical (unpaired) electrons. The zero-order valence-corrected chi connectivity index (χ0v) is 20.9. The molecule has 0 spiro atoms. The van der Waals surface area contributed by atoms with Crippen molar-refractivity contribution in [2.24, 2.45) is 0 Å². The molecule has 0 aliphatic carbocycles. The molecular weight excluding hydrogens is 462 g/mol. The summed E-state index contributed by atoms with van der Waals surface area (Å²) in [6.45, 7) is 3.31. The molecule has 1 amide bonds. The highest BCUT2D eigenvalue weighted by atomic mass is 32.2. The van der Waals surface area contributed by atoms with Crippen LogP contribution >= 0.6 is 0 Å². The van der Waals surface area contributed by atoms with Gasteiger partial charge in [-0.25, -0.2) is 8.42 Å². The van der Waals surface area contributed by atoms with E-state index in [1.165, 1.54) is 0 Å². The van der Waals surface area contributed by atoms with Crippen molar-refractivity contribution < 1.29 is 13.2 Å². The normalized spacial score (nSPS) is 20.6. The van der Waals surface area contributed by atoms with Crippen molar-refractivity contribution >= 4 is 15.9 Å². The maximum atomic E-state index is 12.9. The summed E-state index contributed by atoms with van der Waals surface area (Å²) in [5.74, 6) is -0.112. The second-order valence-corrected chi connectivity index (χ2v) is 11.3. The van der Waals surface area contributed by atoms with Gasteiger partial charge in [-0.05, 0) is 55.3 Å². The van der Waals surface area contributed by atoms with E-state index in [0.717, 1.165) is 55.6 Å². The first kappa shape index (κ1) is 25.3. The Bertz CT molecular complexity index is 1140. The van der Waals surface area contributed by atoms with Gasteiger partial charge in [-0.3, -0.25) is 4.79 Å². The summed E-state index contributed by atoms with van der Waals surface area (Å²) in [5, 5.41) is 15.6. The third-order valence-corrected chi connectivity index (χ3v) is 8.69. The molecule has 0 unspecified atom stereocenters. The summed E-state index contributed by atoms with van der Waals surface area (Å²) >= 11 is 0. The summed E-state index contributed by atoms with van der Waals surface area (Å²) in [5.41, 5.74) is 2.83. The Labute approximate surface area is 208 Å². The lowest BCUT2D eigenvalue weighted by Crippen LogP contribution is -2.49. The van der Waals surface area contributed by atoms with E-state index in [9.17, 15) is 18.5 Å². The largest absolute Gasteiger partial charge is 0.339 e. The number of nitrogens with one attached hydrogen (secondary N) is 2. The van der Waals surface area contributed by atoms with Crippen molar-refractivity contribution in [3.05, 3.63) is 54.1 Å². The Morgan fingerprint density at radius 1 is 1.06 bits per heavy atom. The second kappa shape index (κ2) is 11.3. The molecule has 2 aromatic carbocycles. The van der Waals surface area contributed by atoms with Gasteiger partial charge in [0.1, 0.15) is 6.04 Å². The van der Waals surface area contributed by atoms with Crippen molar-refractivity contribution in [2.45, 2.75) is 42.7 Å². The highest BCUT2D eigenvalue weighted by molar-refractivity contribution is 7.89. The first-order valence-electron chi connectivity index (χ1n) is 12.2. The number of carbonyl (C=O) groups is 1. The van der Waals surface area contributed by atoms with Crippen LogP contribution in [0.1, 0.15) is 24.8 Å². The van der Waals surface area contributed by atoms with Gasteiger partial charge in [0.25, 0.3) is 0 Å². The molecule has 2 N–H and O–H groups in total. The number of likely N-dealkylation sites (N-methyl/N-ethyl adjacent to an activating group) is 1. The van der Waals surface area contributed by atoms with Gasteiger partial charge < -0.3 is 15.5 Å². The molecule has 0 aromatic heterocycles. The Morgan fingerprint density at radius 3 is 2.26 bits per heavy atom. The van der Waals surface area contributed by atoms with Crippen LogP contribution in [0.25, 0.3) is 11.1 Å². The SMILES string of the molecule is CN1CCN(S(=O)(=O)c2ccc(-c3ccc(C[C@@H](C#N)NC(=O)[C@@H]4CCCCN4)cc3)cc2)CC1. The number of carbonyl (C=O) groups excluding carboxylic acids is 1. The number of rotatable bonds is 7. The minimum atomic E-state index is -3.49. The van der Waals surface area contributed by atoms with E-state index >= 15 is 0 Å². The van der Waals surface area contributed by atoms with E-state index in [-0.39, 0.29) is 11.9 Å². The lowest BCUT2D eigenvalue weighted by molar-refractivity contribution is -0.124. The standard InChI is InChI=1S/C26H33N5O3S/c1-30-14-16-31(17-15-30)35(33,34)24-11-9-22(10-12-24)21-7-5-20(6-8-21)18-23(19-27)29-26(32)25-4-2-3-13-28-25/h5-12,23,25,28H,2-4,13-18H2,1H3,(H,29,32)/t23-,25-/m0/s1. The fourth-order valence-electron chi connectivity index (χ4n) is 4.54. The van der Waals surface area contributed by atoms with Gasteiger partial charge in [0.2, 0.25) is 15.9 Å². The van der Waals surface area contributed by atoms with Crippen LogP contribution in [0.2, 0.25) is 0 Å². The van der Waals surface area contributed by atoms with Gasteiger partial charge in [0.15, 0.2) is 0 Å². The first-order valence-corrected chi connectivity index (χ1v) is 13.6. The number of amides is 1. The molecule has 2 atom stereocenters. The highest BCUT2D eigenvalue weighted by Crippen LogP contribution is 2.24. The number of benzene rings is 2. The lowest BCUT2D eigenvalue weighted by atomic mass is 10.00. The van der Waals surface area contributed by atoms with E-state index in [1.807, 2.05) is 43.4 Å². The van der Waals surface area contributed by atoms with Crippen LogP contribution in [0.5, 0.6) is 0 Å². The van der Waals surface area contributed by atoms with Crippen molar-refractivity contribution in [3.8, 4) is 17.2 Å². The minimum Gasteiger partial charge on any atom is -0.339 e. The molecule has 2 saturated heterocycles. The molecule has 2 aliphatic heterocycles. The van der Waals surface area contributed by atoms with Crippen LogP contribution in [0.15, 0.2) is 53.4 Å². The summed E-state index contributed by atoms with van der Waals surface area (Å²) in [6.07, 6.45) is 3.32. The van der Waals surface area contributed by atoms with Gasteiger partial charge in [-0.15, -0.1) is 0 Å². The van der Waals surface area contributed by atoms with E-state index < -0.39 is 16.1 Å². The van der Waals surface area contributed by atoms with Gasteiger partial charge >= 0.3 is 0 Å². The van der Waals surface area contributed by atoms with E-state index in [2.05, 4.69) is 21.6 Å². The van der Waals surface area contributed by atoms with Crippen LogP contribution < -0.4 is 10.6 Å². The molecule has 0 saturated carbocycles. The third-order valence-electron chi connectivity index (χ3n) is 6.78. The zero-order valence-electron chi connectivity index (χ0n) is 20.1. The predicted octanol–water partition coefficient (Wildman–Crippen LogP) is 1.98. The molecule has 2 aromatic rings. The zero-order chi connectivity index (χ0) is 24.8. The van der Waals surface area contributed by atoms with Crippen LogP contribution in [-0.2, 0) is 21.2 Å². The Hall–Kier alpha value is -2.77. The molecule has 4 rings (SSSR count). The highest BCUT2D eigenvalue weighted by Gasteiger charge is 2.27.